The van der Waals surface area contributed by atoms with E-state index >= 15 is 0 Å². The van der Waals surface area contributed by atoms with E-state index in [9.17, 15) is 9.59 Å². The Labute approximate surface area is 154 Å². The molecule has 6 heteroatoms. The van der Waals surface area contributed by atoms with Crippen molar-refractivity contribution < 1.29 is 9.59 Å². The van der Waals surface area contributed by atoms with Crippen molar-refractivity contribution in [3.63, 3.8) is 0 Å². The molecule has 0 bridgehead atoms. The van der Waals surface area contributed by atoms with Crippen molar-refractivity contribution in [1.82, 2.24) is 9.80 Å². The molecule has 0 saturated carbocycles. The van der Waals surface area contributed by atoms with Crippen molar-refractivity contribution >= 4 is 29.2 Å². The van der Waals surface area contributed by atoms with Gasteiger partial charge in [0.25, 0.3) is 0 Å². The number of rotatable bonds is 3. The summed E-state index contributed by atoms with van der Waals surface area (Å²) in [6.45, 7) is 5.17. The van der Waals surface area contributed by atoms with Crippen LogP contribution in [0.4, 0.5) is 10.5 Å². The number of nitrogens with one attached hydrogen (secondary N) is 1. The summed E-state index contributed by atoms with van der Waals surface area (Å²) in [5.74, 6) is 0.681. The third kappa shape index (κ3) is 4.66. The number of aryl methyl sites for hydroxylation is 1. The molecule has 25 heavy (non-hydrogen) atoms. The number of hydrogen-bond donors (Lipinski definition) is 1. The van der Waals surface area contributed by atoms with Gasteiger partial charge in [0.2, 0.25) is 5.91 Å². The van der Waals surface area contributed by atoms with E-state index in [0.717, 1.165) is 50.0 Å². The molecule has 0 radical (unpaired) electrons. The second kappa shape index (κ2) is 8.09. The number of nitrogens with zero attached hydrogens (tertiary/aromatic N) is 2. The van der Waals surface area contributed by atoms with Gasteiger partial charge in [-0.25, -0.2) is 4.79 Å². The third-order valence-corrected chi connectivity index (χ3v) is 5.50. The molecule has 1 aromatic carbocycles. The predicted molar refractivity (Wildman–Crippen MR) is 99.9 cm³/mol. The van der Waals surface area contributed by atoms with Crippen molar-refractivity contribution in [2.75, 3.05) is 31.5 Å². The smallest absolute Gasteiger partial charge is 0.321 e. The number of urea groups is 1. The molecule has 2 heterocycles. The average Bonchev–Trinajstić information content (AvgIpc) is 3.13. The van der Waals surface area contributed by atoms with Crippen LogP contribution in [0.1, 0.15) is 37.7 Å². The van der Waals surface area contributed by atoms with Crippen LogP contribution in [0.3, 0.4) is 0 Å². The summed E-state index contributed by atoms with van der Waals surface area (Å²) in [4.78, 5) is 28.5. The number of amides is 3. The summed E-state index contributed by atoms with van der Waals surface area (Å²) in [6.07, 6.45) is 4.67. The van der Waals surface area contributed by atoms with E-state index in [-0.39, 0.29) is 11.9 Å². The van der Waals surface area contributed by atoms with Gasteiger partial charge >= 0.3 is 6.03 Å². The molecule has 1 aromatic rings. The van der Waals surface area contributed by atoms with Crippen molar-refractivity contribution in [1.29, 1.82) is 0 Å². The van der Waals surface area contributed by atoms with Crippen LogP contribution in [0, 0.1) is 12.8 Å². The van der Waals surface area contributed by atoms with Crippen molar-refractivity contribution in [3.8, 4) is 0 Å². The fourth-order valence-electron chi connectivity index (χ4n) is 3.61. The number of piperidine rings is 1. The van der Waals surface area contributed by atoms with Crippen LogP contribution in [0.15, 0.2) is 18.2 Å². The second-order valence-corrected chi connectivity index (χ2v) is 7.55. The molecule has 3 amide bonds. The first-order valence-electron chi connectivity index (χ1n) is 9.13. The Kier molecular flexibility index (Phi) is 5.84. The Morgan fingerprint density at radius 3 is 2.48 bits per heavy atom. The molecule has 5 nitrogen and oxygen atoms in total. The molecular formula is C19H26ClN3O2. The highest BCUT2D eigenvalue weighted by Crippen LogP contribution is 2.24. The summed E-state index contributed by atoms with van der Waals surface area (Å²) < 4.78 is 0. The fraction of sp³-hybridized carbons (Fsp3) is 0.579. The molecule has 1 N–H and O–H groups in total. The van der Waals surface area contributed by atoms with Gasteiger partial charge in [0.15, 0.2) is 0 Å². The Morgan fingerprint density at radius 2 is 1.80 bits per heavy atom. The lowest BCUT2D eigenvalue weighted by atomic mass is 9.93. The largest absolute Gasteiger partial charge is 0.343 e. The third-order valence-electron chi connectivity index (χ3n) is 5.27. The van der Waals surface area contributed by atoms with E-state index in [1.54, 1.807) is 6.07 Å². The molecule has 0 aromatic heterocycles. The summed E-state index contributed by atoms with van der Waals surface area (Å²) >= 11 is 6.01. The number of benzene rings is 1. The van der Waals surface area contributed by atoms with Gasteiger partial charge in [-0.2, -0.15) is 0 Å². The first-order valence-corrected chi connectivity index (χ1v) is 9.50. The molecule has 136 valence electrons. The van der Waals surface area contributed by atoms with Gasteiger partial charge in [-0.15, -0.1) is 0 Å². The lowest BCUT2D eigenvalue weighted by Crippen LogP contribution is -2.42. The zero-order chi connectivity index (χ0) is 17.8. The number of likely N-dealkylation sites (tertiary alicyclic amines) is 2. The van der Waals surface area contributed by atoms with Crippen molar-refractivity contribution in [2.24, 2.45) is 5.92 Å². The van der Waals surface area contributed by atoms with Gasteiger partial charge in [0.1, 0.15) is 0 Å². The average molecular weight is 364 g/mol. The Hall–Kier alpha value is -1.75. The van der Waals surface area contributed by atoms with E-state index in [1.807, 2.05) is 28.9 Å². The number of carbonyl (C=O) groups is 2. The summed E-state index contributed by atoms with van der Waals surface area (Å²) in [6, 6.07) is 5.40. The Balaban J connectivity index is 1.47. The van der Waals surface area contributed by atoms with Crippen LogP contribution in [0.5, 0.6) is 0 Å². The van der Waals surface area contributed by atoms with Gasteiger partial charge in [-0.05, 0) is 56.2 Å². The van der Waals surface area contributed by atoms with Gasteiger partial charge in [0.05, 0.1) is 0 Å². The second-order valence-electron chi connectivity index (χ2n) is 7.11. The maximum atomic E-state index is 12.5. The van der Waals surface area contributed by atoms with Crippen LogP contribution in [0.25, 0.3) is 0 Å². The van der Waals surface area contributed by atoms with E-state index in [4.69, 9.17) is 11.6 Å². The van der Waals surface area contributed by atoms with E-state index < -0.39 is 0 Å². The van der Waals surface area contributed by atoms with Crippen LogP contribution < -0.4 is 5.32 Å². The summed E-state index contributed by atoms with van der Waals surface area (Å²) in [5.41, 5.74) is 1.74. The quantitative estimate of drug-likeness (QED) is 0.885. The van der Waals surface area contributed by atoms with E-state index in [0.29, 0.717) is 30.5 Å². The highest BCUT2D eigenvalue weighted by molar-refractivity contribution is 6.31. The van der Waals surface area contributed by atoms with Crippen molar-refractivity contribution in [3.05, 3.63) is 28.8 Å². The number of halogens is 1. The molecule has 2 aliphatic rings. The molecule has 0 atom stereocenters. The Bertz CT molecular complexity index is 636. The van der Waals surface area contributed by atoms with Crippen LogP contribution >= 0.6 is 11.6 Å². The van der Waals surface area contributed by atoms with E-state index in [2.05, 4.69) is 5.32 Å². The first-order chi connectivity index (χ1) is 12.0. The van der Waals surface area contributed by atoms with Crippen LogP contribution in [-0.2, 0) is 4.79 Å². The van der Waals surface area contributed by atoms with Crippen LogP contribution in [-0.4, -0.2) is 47.9 Å². The molecule has 2 aliphatic heterocycles. The minimum atomic E-state index is -0.0883. The zero-order valence-corrected chi connectivity index (χ0v) is 15.5. The predicted octanol–water partition coefficient (Wildman–Crippen LogP) is 3.90. The monoisotopic (exact) mass is 363 g/mol. The minimum absolute atomic E-state index is 0.0883. The lowest BCUT2D eigenvalue weighted by molar-refractivity contribution is -0.131. The molecule has 2 fully saturated rings. The number of anilines is 1. The first kappa shape index (κ1) is 18.1. The molecule has 0 spiro atoms. The van der Waals surface area contributed by atoms with Gasteiger partial charge in [0, 0.05) is 43.3 Å². The SMILES string of the molecule is Cc1ccc(Cl)cc1NC(=O)N1CCC(CC(=O)N2CCCC2)CC1. The highest BCUT2D eigenvalue weighted by atomic mass is 35.5. The standard InChI is InChI=1S/C19H26ClN3O2/c1-14-4-5-16(20)13-17(14)21-19(25)23-10-6-15(7-11-23)12-18(24)22-8-2-3-9-22/h4-5,13,15H,2-3,6-12H2,1H3,(H,21,25). The topological polar surface area (TPSA) is 52.7 Å². The van der Waals surface area contributed by atoms with Gasteiger partial charge in [-0.1, -0.05) is 17.7 Å². The summed E-state index contributed by atoms with van der Waals surface area (Å²) in [7, 11) is 0. The minimum Gasteiger partial charge on any atom is -0.343 e. The molecule has 2 saturated heterocycles. The van der Waals surface area contributed by atoms with Crippen molar-refractivity contribution in [2.45, 2.75) is 39.0 Å². The molecular weight excluding hydrogens is 338 g/mol. The molecule has 0 unspecified atom stereocenters. The normalized spacial score (nSPS) is 18.5. The Morgan fingerprint density at radius 1 is 1.12 bits per heavy atom. The fourth-order valence-corrected chi connectivity index (χ4v) is 3.78. The number of carbonyl (C=O) groups excluding carboxylic acids is 2. The van der Waals surface area contributed by atoms with Gasteiger partial charge in [-0.3, -0.25) is 4.79 Å². The van der Waals surface area contributed by atoms with Crippen LogP contribution in [0.2, 0.25) is 5.02 Å². The summed E-state index contributed by atoms with van der Waals surface area (Å²) in [5, 5.41) is 3.56. The number of hydrogen-bond acceptors (Lipinski definition) is 2. The van der Waals surface area contributed by atoms with E-state index in [1.165, 1.54) is 0 Å². The molecule has 3 rings (SSSR count). The lowest BCUT2D eigenvalue weighted by Gasteiger charge is -2.32. The maximum Gasteiger partial charge on any atom is 0.321 e. The molecule has 0 aliphatic carbocycles. The van der Waals surface area contributed by atoms with Gasteiger partial charge < -0.3 is 15.1 Å². The highest BCUT2D eigenvalue weighted by Gasteiger charge is 2.27. The maximum absolute atomic E-state index is 12.5. The zero-order valence-electron chi connectivity index (χ0n) is 14.8.